The molecule has 1 N–H and O–H groups in total. The zero-order valence-corrected chi connectivity index (χ0v) is 10.6. The summed E-state index contributed by atoms with van der Waals surface area (Å²) in [5.74, 6) is 0.324. The average molecular weight is 281 g/mol. The van der Waals surface area contributed by atoms with Crippen LogP contribution >= 0.6 is 11.8 Å². The van der Waals surface area contributed by atoms with Gasteiger partial charge in [-0.2, -0.15) is 29.9 Å². The van der Waals surface area contributed by atoms with Gasteiger partial charge in [0.1, 0.15) is 0 Å². The molecule has 0 radical (unpaired) electrons. The van der Waals surface area contributed by atoms with Crippen molar-refractivity contribution in [1.82, 2.24) is 15.5 Å². The van der Waals surface area contributed by atoms with Crippen LogP contribution in [0.1, 0.15) is 31.0 Å². The highest BCUT2D eigenvalue weighted by Crippen LogP contribution is 2.34. The van der Waals surface area contributed by atoms with Gasteiger partial charge in [0.15, 0.2) is 0 Å². The molecule has 0 aliphatic carbocycles. The van der Waals surface area contributed by atoms with E-state index in [-0.39, 0.29) is 17.9 Å². The van der Waals surface area contributed by atoms with Crippen molar-refractivity contribution in [1.29, 1.82) is 0 Å². The Morgan fingerprint density at radius 2 is 2.22 bits per heavy atom. The Bertz CT molecular complexity index is 396. The zero-order chi connectivity index (χ0) is 13.2. The Morgan fingerprint density at radius 1 is 1.44 bits per heavy atom. The van der Waals surface area contributed by atoms with Crippen LogP contribution in [0.15, 0.2) is 4.52 Å². The summed E-state index contributed by atoms with van der Waals surface area (Å²) in [6.45, 7) is 2.88. The van der Waals surface area contributed by atoms with Crippen LogP contribution in [-0.4, -0.2) is 34.2 Å². The highest BCUT2D eigenvalue weighted by atomic mass is 32.2. The van der Waals surface area contributed by atoms with Crippen molar-refractivity contribution in [2.24, 2.45) is 0 Å². The van der Waals surface area contributed by atoms with E-state index in [1.165, 1.54) is 0 Å². The fourth-order valence-electron chi connectivity index (χ4n) is 1.83. The zero-order valence-electron chi connectivity index (χ0n) is 9.83. The van der Waals surface area contributed by atoms with Crippen LogP contribution in [0.25, 0.3) is 0 Å². The molecule has 1 aromatic heterocycles. The molecule has 0 amide bonds. The van der Waals surface area contributed by atoms with Gasteiger partial charge in [0, 0.05) is 17.5 Å². The molecule has 2 rings (SSSR count). The molecule has 1 aliphatic heterocycles. The van der Waals surface area contributed by atoms with Crippen LogP contribution in [-0.2, 0) is 6.18 Å². The normalized spacial score (nSPS) is 24.7. The molecule has 1 aliphatic rings. The monoisotopic (exact) mass is 281 g/mol. The largest absolute Gasteiger partial charge is 0.455 e. The number of halogens is 3. The molecule has 0 saturated carbocycles. The van der Waals surface area contributed by atoms with E-state index in [9.17, 15) is 13.2 Å². The van der Waals surface area contributed by atoms with Crippen molar-refractivity contribution in [3.8, 4) is 0 Å². The minimum atomic E-state index is -4.54. The topological polar surface area (TPSA) is 51.0 Å². The van der Waals surface area contributed by atoms with E-state index >= 15 is 0 Å². The molecule has 4 nitrogen and oxygen atoms in total. The number of nitrogens with one attached hydrogen (secondary N) is 1. The molecular weight excluding hydrogens is 267 g/mol. The molecule has 8 heteroatoms. The van der Waals surface area contributed by atoms with Crippen molar-refractivity contribution in [3.63, 3.8) is 0 Å². The quantitative estimate of drug-likeness (QED) is 0.917. The SMILES string of the molecule is CCCNC1CSCC1c1nc(C(F)(F)F)no1. The van der Waals surface area contributed by atoms with E-state index in [1.807, 2.05) is 6.92 Å². The van der Waals surface area contributed by atoms with Crippen LogP contribution in [0.4, 0.5) is 13.2 Å². The minimum Gasteiger partial charge on any atom is -0.339 e. The van der Waals surface area contributed by atoms with Gasteiger partial charge in [-0.1, -0.05) is 12.1 Å². The first-order valence-electron chi connectivity index (χ1n) is 5.74. The van der Waals surface area contributed by atoms with Crippen LogP contribution in [0.3, 0.4) is 0 Å². The predicted molar refractivity (Wildman–Crippen MR) is 61.4 cm³/mol. The lowest BCUT2D eigenvalue weighted by atomic mass is 10.0. The number of alkyl halides is 3. The number of aromatic nitrogens is 2. The summed E-state index contributed by atoms with van der Waals surface area (Å²) in [7, 11) is 0. The molecule has 1 fully saturated rings. The van der Waals surface area contributed by atoms with Crippen molar-refractivity contribution in [2.75, 3.05) is 18.1 Å². The van der Waals surface area contributed by atoms with Gasteiger partial charge < -0.3 is 9.84 Å². The lowest BCUT2D eigenvalue weighted by Gasteiger charge is -2.16. The number of hydrogen-bond acceptors (Lipinski definition) is 5. The summed E-state index contributed by atoms with van der Waals surface area (Å²) in [6, 6.07) is 0.108. The maximum atomic E-state index is 12.4. The summed E-state index contributed by atoms with van der Waals surface area (Å²) in [5, 5.41) is 6.30. The number of nitrogens with zero attached hydrogens (tertiary/aromatic N) is 2. The Balaban J connectivity index is 2.08. The number of rotatable bonds is 4. The van der Waals surface area contributed by atoms with E-state index in [0.29, 0.717) is 5.75 Å². The second-order valence-corrected chi connectivity index (χ2v) is 5.23. The average Bonchev–Trinajstić information content (AvgIpc) is 2.93. The van der Waals surface area contributed by atoms with E-state index < -0.39 is 12.0 Å². The van der Waals surface area contributed by atoms with Gasteiger partial charge in [0.2, 0.25) is 5.89 Å². The smallest absolute Gasteiger partial charge is 0.339 e. The summed E-state index contributed by atoms with van der Waals surface area (Å²) in [5.41, 5.74) is 0. The highest BCUT2D eigenvalue weighted by Gasteiger charge is 2.40. The van der Waals surface area contributed by atoms with E-state index in [2.05, 4.69) is 15.5 Å². The van der Waals surface area contributed by atoms with Crippen LogP contribution in [0.2, 0.25) is 0 Å². The summed E-state index contributed by atoms with van der Waals surface area (Å²) >= 11 is 1.68. The first kappa shape index (κ1) is 13.7. The Kier molecular flexibility index (Phi) is 4.16. The van der Waals surface area contributed by atoms with Crippen LogP contribution in [0, 0.1) is 0 Å². The molecule has 1 aromatic rings. The minimum absolute atomic E-state index is 0.0842. The molecule has 0 bridgehead atoms. The second kappa shape index (κ2) is 5.48. The number of hydrogen-bond donors (Lipinski definition) is 1. The van der Waals surface area contributed by atoms with Gasteiger partial charge in [0.05, 0.1) is 5.92 Å². The van der Waals surface area contributed by atoms with Gasteiger partial charge in [-0.15, -0.1) is 0 Å². The Labute approximate surface area is 107 Å². The van der Waals surface area contributed by atoms with Gasteiger partial charge in [-0.05, 0) is 13.0 Å². The third-order valence-electron chi connectivity index (χ3n) is 2.75. The third-order valence-corrected chi connectivity index (χ3v) is 3.94. The van der Waals surface area contributed by atoms with Crippen molar-refractivity contribution in [3.05, 3.63) is 11.7 Å². The number of thioether (sulfide) groups is 1. The van der Waals surface area contributed by atoms with E-state index in [4.69, 9.17) is 4.52 Å². The molecule has 2 unspecified atom stereocenters. The van der Waals surface area contributed by atoms with Crippen molar-refractivity contribution < 1.29 is 17.7 Å². The van der Waals surface area contributed by atoms with Crippen molar-refractivity contribution in [2.45, 2.75) is 31.5 Å². The predicted octanol–water partition coefficient (Wildman–Crippen LogP) is 2.29. The third kappa shape index (κ3) is 2.97. The fraction of sp³-hybridized carbons (Fsp3) is 0.800. The summed E-state index contributed by atoms with van der Waals surface area (Å²) in [6.07, 6.45) is -3.56. The molecule has 0 aromatic carbocycles. The first-order chi connectivity index (χ1) is 8.52. The summed E-state index contributed by atoms with van der Waals surface area (Å²) < 4.78 is 41.9. The maximum absolute atomic E-state index is 12.4. The van der Waals surface area contributed by atoms with E-state index in [0.717, 1.165) is 18.7 Å². The van der Waals surface area contributed by atoms with E-state index in [1.54, 1.807) is 11.8 Å². The van der Waals surface area contributed by atoms with Crippen molar-refractivity contribution >= 4 is 11.8 Å². The molecule has 1 saturated heterocycles. The second-order valence-electron chi connectivity index (χ2n) is 4.16. The maximum Gasteiger partial charge on any atom is 0.455 e. The fourth-order valence-corrected chi connectivity index (χ4v) is 3.20. The Hall–Kier alpha value is -0.760. The molecule has 18 heavy (non-hydrogen) atoms. The van der Waals surface area contributed by atoms with Gasteiger partial charge in [-0.25, -0.2) is 0 Å². The molecule has 102 valence electrons. The molecular formula is C10H14F3N3OS. The Morgan fingerprint density at radius 3 is 2.83 bits per heavy atom. The highest BCUT2D eigenvalue weighted by molar-refractivity contribution is 7.99. The van der Waals surface area contributed by atoms with Crippen LogP contribution in [0.5, 0.6) is 0 Å². The standard InChI is InChI=1S/C10H14F3N3OS/c1-2-3-14-7-5-18-4-6(7)8-15-9(16-17-8)10(11,12)13/h6-7,14H,2-5H2,1H3. The summed E-state index contributed by atoms with van der Waals surface area (Å²) in [4.78, 5) is 3.47. The lowest BCUT2D eigenvalue weighted by Crippen LogP contribution is -2.34. The lowest BCUT2D eigenvalue weighted by molar-refractivity contribution is -0.146. The van der Waals surface area contributed by atoms with Gasteiger partial charge >= 0.3 is 6.18 Å². The van der Waals surface area contributed by atoms with Gasteiger partial charge in [-0.3, -0.25) is 0 Å². The molecule has 2 heterocycles. The molecule has 0 spiro atoms. The van der Waals surface area contributed by atoms with Gasteiger partial charge in [0.25, 0.3) is 5.82 Å². The first-order valence-corrected chi connectivity index (χ1v) is 6.89. The van der Waals surface area contributed by atoms with Crippen LogP contribution < -0.4 is 5.32 Å². The molecule has 2 atom stereocenters.